The summed E-state index contributed by atoms with van der Waals surface area (Å²) in [6.07, 6.45) is -5.37. The molecule has 0 atom stereocenters. The molecule has 0 heterocycles. The molecule has 0 amide bonds. The summed E-state index contributed by atoms with van der Waals surface area (Å²) in [5.41, 5.74) is 0. The van der Waals surface area contributed by atoms with Gasteiger partial charge in [0.05, 0.1) is 6.42 Å². The van der Waals surface area contributed by atoms with E-state index in [0.717, 1.165) is 0 Å². The number of hydrogen-bond donors (Lipinski definition) is 0. The lowest BCUT2D eigenvalue weighted by Gasteiger charge is -2.24. The smallest absolute Gasteiger partial charge is 0.352 e. The molecule has 0 aromatic heterocycles. The third kappa shape index (κ3) is 8.94. The lowest BCUT2D eigenvalue weighted by atomic mass is 10.4. The van der Waals surface area contributed by atoms with Crippen LogP contribution in [0.5, 0.6) is 0 Å². The Bertz CT molecular complexity index is 170. The lowest BCUT2D eigenvalue weighted by molar-refractivity contribution is -0.156. The van der Waals surface area contributed by atoms with Crippen LogP contribution in [0.2, 0.25) is 0 Å². The molecular weight excluding hydrogens is 223 g/mol. The average molecular weight is 243 g/mol. The van der Waals surface area contributed by atoms with Crippen molar-refractivity contribution in [2.24, 2.45) is 0 Å². The van der Waals surface area contributed by atoms with E-state index in [0.29, 0.717) is 19.8 Å². The fourth-order valence-corrected chi connectivity index (χ4v) is 1.19. The van der Waals surface area contributed by atoms with Crippen LogP contribution in [0.4, 0.5) is 13.2 Å². The highest BCUT2D eigenvalue weighted by Crippen LogP contribution is 2.19. The van der Waals surface area contributed by atoms with Crippen LogP contribution in [-0.4, -0.2) is 50.7 Å². The molecule has 0 aliphatic carbocycles. The van der Waals surface area contributed by atoms with Crippen LogP contribution < -0.4 is 0 Å². The maximum Gasteiger partial charge on any atom is 0.390 e. The molecule has 0 aromatic rings. The third-order valence-electron chi connectivity index (χ3n) is 1.94. The van der Waals surface area contributed by atoms with Crippen LogP contribution in [0.1, 0.15) is 20.3 Å². The quantitative estimate of drug-likeness (QED) is 0.610. The molecule has 0 radical (unpaired) electrons. The summed E-state index contributed by atoms with van der Waals surface area (Å²) in [5, 5.41) is 0. The molecule has 0 saturated heterocycles. The Morgan fingerprint density at radius 3 is 2.00 bits per heavy atom. The Kier molecular flexibility index (Phi) is 7.70. The average Bonchev–Trinajstić information content (AvgIpc) is 2.14. The maximum absolute atomic E-state index is 12.0. The van der Waals surface area contributed by atoms with Gasteiger partial charge in [0, 0.05) is 26.3 Å². The zero-order valence-electron chi connectivity index (χ0n) is 10.0. The molecule has 98 valence electrons. The third-order valence-corrected chi connectivity index (χ3v) is 1.94. The van der Waals surface area contributed by atoms with Gasteiger partial charge in [-0.15, -0.1) is 0 Å². The molecule has 16 heavy (non-hydrogen) atoms. The Balaban J connectivity index is 3.85. The number of halogens is 3. The first-order chi connectivity index (χ1) is 7.39. The summed E-state index contributed by atoms with van der Waals surface area (Å²) < 4.78 is 46.4. The van der Waals surface area contributed by atoms with Gasteiger partial charge in [0.15, 0.2) is 6.29 Å². The van der Waals surface area contributed by atoms with E-state index >= 15 is 0 Å². The first kappa shape index (κ1) is 15.7. The van der Waals surface area contributed by atoms with Crippen molar-refractivity contribution in [3.63, 3.8) is 0 Å². The van der Waals surface area contributed by atoms with Crippen LogP contribution in [-0.2, 0) is 9.47 Å². The van der Waals surface area contributed by atoms with Gasteiger partial charge in [-0.1, -0.05) is 0 Å². The monoisotopic (exact) mass is 243 g/mol. The van der Waals surface area contributed by atoms with Crippen molar-refractivity contribution in [1.29, 1.82) is 0 Å². The maximum atomic E-state index is 12.0. The molecule has 0 saturated carbocycles. The molecule has 0 unspecified atom stereocenters. The lowest BCUT2D eigenvalue weighted by Crippen LogP contribution is -2.35. The fraction of sp³-hybridized carbons (Fsp3) is 1.00. The van der Waals surface area contributed by atoms with E-state index in [1.165, 1.54) is 0 Å². The second-order valence-electron chi connectivity index (χ2n) is 3.47. The van der Waals surface area contributed by atoms with Crippen molar-refractivity contribution >= 4 is 0 Å². The molecule has 0 aromatic carbocycles. The van der Waals surface area contributed by atoms with Crippen molar-refractivity contribution in [3.05, 3.63) is 0 Å². The van der Waals surface area contributed by atoms with Gasteiger partial charge in [0.25, 0.3) is 0 Å². The van der Waals surface area contributed by atoms with E-state index in [-0.39, 0.29) is 6.54 Å². The van der Waals surface area contributed by atoms with E-state index < -0.39 is 18.9 Å². The van der Waals surface area contributed by atoms with Crippen molar-refractivity contribution in [3.8, 4) is 0 Å². The van der Waals surface area contributed by atoms with Crippen molar-refractivity contribution in [2.75, 3.05) is 33.4 Å². The topological polar surface area (TPSA) is 21.7 Å². The molecule has 6 heteroatoms. The fourth-order valence-electron chi connectivity index (χ4n) is 1.19. The number of alkyl halides is 3. The van der Waals surface area contributed by atoms with Gasteiger partial charge < -0.3 is 14.4 Å². The molecule has 0 bridgehead atoms. The minimum Gasteiger partial charge on any atom is -0.352 e. The van der Waals surface area contributed by atoms with Crippen molar-refractivity contribution in [2.45, 2.75) is 32.7 Å². The van der Waals surface area contributed by atoms with Crippen LogP contribution in [0.25, 0.3) is 0 Å². The molecular formula is C10H20F3NO2. The van der Waals surface area contributed by atoms with Crippen LogP contribution in [0.15, 0.2) is 0 Å². The summed E-state index contributed by atoms with van der Waals surface area (Å²) >= 11 is 0. The number of hydrogen-bond acceptors (Lipinski definition) is 3. The van der Waals surface area contributed by atoms with Crippen LogP contribution >= 0.6 is 0 Å². The molecule has 0 spiro atoms. The minimum absolute atomic E-state index is 0.0415. The Morgan fingerprint density at radius 2 is 1.62 bits per heavy atom. The SMILES string of the molecule is CCOC(CN(C)CCC(F)(F)F)OCC. The first-order valence-corrected chi connectivity index (χ1v) is 5.37. The first-order valence-electron chi connectivity index (χ1n) is 5.37. The zero-order chi connectivity index (χ0) is 12.6. The van der Waals surface area contributed by atoms with Gasteiger partial charge in [0.1, 0.15) is 0 Å². The summed E-state index contributed by atoms with van der Waals surface area (Å²) in [5.74, 6) is 0. The Morgan fingerprint density at radius 1 is 1.12 bits per heavy atom. The van der Waals surface area contributed by atoms with Gasteiger partial charge in [-0.25, -0.2) is 0 Å². The van der Waals surface area contributed by atoms with Gasteiger partial charge in [-0.3, -0.25) is 0 Å². The van der Waals surface area contributed by atoms with E-state index in [1.807, 2.05) is 13.8 Å². The zero-order valence-corrected chi connectivity index (χ0v) is 10.0. The number of likely N-dealkylation sites (N-methyl/N-ethyl adjacent to an activating group) is 1. The molecule has 0 fully saturated rings. The molecule has 0 rings (SSSR count). The summed E-state index contributed by atoms with van der Waals surface area (Å²) in [7, 11) is 1.62. The molecule has 0 aliphatic rings. The molecule has 3 nitrogen and oxygen atoms in total. The van der Waals surface area contributed by atoms with Gasteiger partial charge >= 0.3 is 6.18 Å². The Labute approximate surface area is 94.5 Å². The summed E-state index contributed by atoms with van der Waals surface area (Å²) in [4.78, 5) is 1.56. The summed E-state index contributed by atoms with van der Waals surface area (Å²) in [6, 6.07) is 0. The molecule has 0 N–H and O–H groups in total. The molecule has 0 aliphatic heterocycles. The standard InChI is InChI=1S/C10H20F3NO2/c1-4-15-9(16-5-2)8-14(3)7-6-10(11,12)13/h9H,4-8H2,1-3H3. The predicted molar refractivity (Wildman–Crippen MR) is 55.2 cm³/mol. The minimum atomic E-state index is -4.11. The highest BCUT2D eigenvalue weighted by atomic mass is 19.4. The van der Waals surface area contributed by atoms with E-state index in [1.54, 1.807) is 11.9 Å². The second kappa shape index (κ2) is 7.86. The van der Waals surface area contributed by atoms with Gasteiger partial charge in [0.2, 0.25) is 0 Å². The van der Waals surface area contributed by atoms with Crippen LogP contribution in [0.3, 0.4) is 0 Å². The van der Waals surface area contributed by atoms with E-state index in [4.69, 9.17) is 9.47 Å². The second-order valence-corrected chi connectivity index (χ2v) is 3.47. The highest BCUT2D eigenvalue weighted by Gasteiger charge is 2.27. The van der Waals surface area contributed by atoms with E-state index in [9.17, 15) is 13.2 Å². The highest BCUT2D eigenvalue weighted by molar-refractivity contribution is 4.59. The number of rotatable bonds is 8. The number of ether oxygens (including phenoxy) is 2. The van der Waals surface area contributed by atoms with Crippen molar-refractivity contribution in [1.82, 2.24) is 4.90 Å². The Hall–Kier alpha value is -0.330. The van der Waals surface area contributed by atoms with Crippen LogP contribution in [0, 0.1) is 0 Å². The normalized spacial score (nSPS) is 12.8. The van der Waals surface area contributed by atoms with Crippen molar-refractivity contribution < 1.29 is 22.6 Å². The number of nitrogens with zero attached hydrogens (tertiary/aromatic N) is 1. The van der Waals surface area contributed by atoms with E-state index in [2.05, 4.69) is 0 Å². The summed E-state index contributed by atoms with van der Waals surface area (Å²) in [6.45, 7) is 4.91. The van der Waals surface area contributed by atoms with Gasteiger partial charge in [-0.2, -0.15) is 13.2 Å². The largest absolute Gasteiger partial charge is 0.390 e. The van der Waals surface area contributed by atoms with Gasteiger partial charge in [-0.05, 0) is 20.9 Å². The predicted octanol–water partition coefficient (Wildman–Crippen LogP) is 2.27.